The van der Waals surface area contributed by atoms with Gasteiger partial charge in [0, 0.05) is 36.7 Å². The van der Waals surface area contributed by atoms with Crippen molar-refractivity contribution < 1.29 is 42.5 Å². The second kappa shape index (κ2) is 13.1. The number of rotatable bonds is 12. The molecule has 1 aromatic carbocycles. The van der Waals surface area contributed by atoms with Crippen molar-refractivity contribution in [1.82, 2.24) is 10.3 Å². The van der Waals surface area contributed by atoms with Crippen molar-refractivity contribution in [3.8, 4) is 17.2 Å². The van der Waals surface area contributed by atoms with E-state index < -0.39 is 42.6 Å². The Labute approximate surface area is 220 Å². The molecule has 3 atom stereocenters. The van der Waals surface area contributed by atoms with Gasteiger partial charge in [-0.2, -0.15) is 0 Å². The zero-order chi connectivity index (χ0) is 27.8. The highest BCUT2D eigenvalue weighted by Crippen LogP contribution is 2.45. The summed E-state index contributed by atoms with van der Waals surface area (Å²) in [5.41, 5.74) is 0.610. The zero-order valence-corrected chi connectivity index (χ0v) is 22.1. The molecule has 38 heavy (non-hydrogen) atoms. The average molecular weight is 533 g/mol. The Hall–Kier alpha value is -3.89. The molecule has 1 aliphatic rings. The van der Waals surface area contributed by atoms with Crippen molar-refractivity contribution in [2.24, 2.45) is 5.92 Å². The van der Waals surface area contributed by atoms with Gasteiger partial charge in [0.05, 0.1) is 14.2 Å². The summed E-state index contributed by atoms with van der Waals surface area (Å²) in [5.74, 6) is -1.75. The van der Waals surface area contributed by atoms with Crippen molar-refractivity contribution in [1.29, 1.82) is 0 Å². The van der Waals surface area contributed by atoms with Crippen LogP contribution in [0.5, 0.6) is 17.2 Å². The van der Waals surface area contributed by atoms with Crippen LogP contribution in [0.3, 0.4) is 0 Å². The highest BCUT2D eigenvalue weighted by atomic mass is 19.1. The van der Waals surface area contributed by atoms with Gasteiger partial charge in [-0.1, -0.05) is 12.5 Å². The van der Waals surface area contributed by atoms with Crippen LogP contribution in [0.4, 0.5) is 4.39 Å². The van der Waals surface area contributed by atoms with E-state index in [-0.39, 0.29) is 29.0 Å². The molecule has 2 aromatic rings. The number of carbonyl (C=O) groups is 3. The van der Waals surface area contributed by atoms with Gasteiger partial charge >= 0.3 is 11.9 Å². The smallest absolute Gasteiger partial charge is 0.328 e. The first-order chi connectivity index (χ1) is 18.2. The van der Waals surface area contributed by atoms with Crippen LogP contribution in [0.25, 0.3) is 0 Å². The molecular weight excluding hydrogens is 499 g/mol. The van der Waals surface area contributed by atoms with E-state index in [0.29, 0.717) is 5.75 Å². The van der Waals surface area contributed by atoms with E-state index in [9.17, 15) is 18.8 Å². The van der Waals surface area contributed by atoms with Crippen LogP contribution < -0.4 is 19.5 Å². The molecule has 0 bridgehead atoms. The summed E-state index contributed by atoms with van der Waals surface area (Å²) < 4.78 is 40.4. The quantitative estimate of drug-likeness (QED) is 0.321. The van der Waals surface area contributed by atoms with Gasteiger partial charge in [-0.3, -0.25) is 9.59 Å². The maximum absolute atomic E-state index is 13.8. The van der Waals surface area contributed by atoms with Gasteiger partial charge in [0.15, 0.2) is 17.2 Å². The molecule has 3 rings (SSSR count). The average Bonchev–Trinajstić information content (AvgIpc) is 2.85. The van der Waals surface area contributed by atoms with Gasteiger partial charge in [-0.15, -0.1) is 0 Å². The number of aromatic nitrogens is 1. The summed E-state index contributed by atoms with van der Waals surface area (Å²) in [4.78, 5) is 41.1. The van der Waals surface area contributed by atoms with E-state index in [4.69, 9.17) is 23.7 Å². The van der Waals surface area contributed by atoms with Crippen molar-refractivity contribution >= 4 is 17.8 Å². The maximum atomic E-state index is 13.8. The van der Waals surface area contributed by atoms with E-state index in [2.05, 4.69) is 10.3 Å². The van der Waals surface area contributed by atoms with Crippen molar-refractivity contribution in [3.05, 3.63) is 47.5 Å². The fourth-order valence-corrected chi connectivity index (χ4v) is 4.40. The van der Waals surface area contributed by atoms with Gasteiger partial charge in [0.25, 0.3) is 5.91 Å². The lowest BCUT2D eigenvalue weighted by Gasteiger charge is -2.38. The molecule has 0 saturated heterocycles. The Balaban J connectivity index is 1.72. The number of halogens is 1. The molecule has 1 N–H and O–H groups in total. The van der Waals surface area contributed by atoms with Crippen LogP contribution in [-0.2, 0) is 19.1 Å². The van der Waals surface area contributed by atoms with Crippen molar-refractivity contribution in [2.45, 2.75) is 58.1 Å². The van der Waals surface area contributed by atoms with Crippen LogP contribution >= 0.6 is 0 Å². The standard InChI is InChI=1S/C27H33FN2O8/c1-15(30-26(32)24-25(37-14-36-17(3)31)21(34-4)11-12-29-24)27(33)38-16(2)23(18-7-6-8-18)20-10-9-19(28)13-22(20)35-5/h9-13,15-16,18,23H,6-8,14H2,1-5H3,(H,30,32)/t15-,16-,23-/m0/s1. The van der Waals surface area contributed by atoms with Crippen LogP contribution in [0, 0.1) is 11.7 Å². The molecule has 1 amide bonds. The lowest BCUT2D eigenvalue weighted by molar-refractivity contribution is -0.152. The molecule has 1 aromatic heterocycles. The fraction of sp³-hybridized carbons (Fsp3) is 0.481. The fourth-order valence-electron chi connectivity index (χ4n) is 4.40. The minimum Gasteiger partial charge on any atom is -0.496 e. The number of amides is 1. The molecule has 1 saturated carbocycles. The van der Waals surface area contributed by atoms with Crippen LogP contribution in [0.15, 0.2) is 30.5 Å². The first kappa shape index (κ1) is 28.7. The molecule has 1 fully saturated rings. The van der Waals surface area contributed by atoms with Crippen molar-refractivity contribution in [3.63, 3.8) is 0 Å². The van der Waals surface area contributed by atoms with E-state index in [1.165, 1.54) is 52.5 Å². The number of methoxy groups -OCH3 is 2. The molecular formula is C27H33FN2O8. The minimum absolute atomic E-state index is 0.0452. The largest absolute Gasteiger partial charge is 0.496 e. The topological polar surface area (TPSA) is 122 Å². The predicted molar refractivity (Wildman–Crippen MR) is 134 cm³/mol. The Kier molecular flexibility index (Phi) is 9.86. The van der Waals surface area contributed by atoms with Gasteiger partial charge < -0.3 is 29.0 Å². The van der Waals surface area contributed by atoms with Crippen molar-refractivity contribution in [2.75, 3.05) is 21.0 Å². The number of esters is 2. The second-order valence-electron chi connectivity index (χ2n) is 9.03. The third-order valence-electron chi connectivity index (χ3n) is 6.49. The number of carbonyl (C=O) groups excluding carboxylic acids is 3. The van der Waals surface area contributed by atoms with Crippen LogP contribution in [0.1, 0.15) is 62.0 Å². The summed E-state index contributed by atoms with van der Waals surface area (Å²) in [5, 5.41) is 2.56. The van der Waals surface area contributed by atoms with E-state index in [0.717, 1.165) is 24.8 Å². The summed E-state index contributed by atoms with van der Waals surface area (Å²) in [6.07, 6.45) is 3.75. The highest BCUT2D eigenvalue weighted by Gasteiger charge is 2.37. The molecule has 0 radical (unpaired) electrons. The van der Waals surface area contributed by atoms with Gasteiger partial charge in [-0.05, 0) is 38.7 Å². The molecule has 0 spiro atoms. The number of pyridine rings is 1. The predicted octanol–water partition coefficient (Wildman–Crippen LogP) is 3.77. The molecule has 0 unspecified atom stereocenters. The Bertz CT molecular complexity index is 1150. The Morgan fingerprint density at radius 1 is 1.11 bits per heavy atom. The number of nitrogens with one attached hydrogen (secondary N) is 1. The Morgan fingerprint density at radius 3 is 2.42 bits per heavy atom. The third kappa shape index (κ3) is 6.90. The summed E-state index contributed by atoms with van der Waals surface area (Å²) in [6, 6.07) is 4.79. The zero-order valence-electron chi connectivity index (χ0n) is 22.1. The van der Waals surface area contributed by atoms with Crippen LogP contribution in [0.2, 0.25) is 0 Å². The van der Waals surface area contributed by atoms with E-state index >= 15 is 0 Å². The van der Waals surface area contributed by atoms with Gasteiger partial charge in [-0.25, -0.2) is 14.2 Å². The molecule has 11 heteroatoms. The molecule has 206 valence electrons. The monoisotopic (exact) mass is 532 g/mol. The second-order valence-corrected chi connectivity index (χ2v) is 9.03. The number of nitrogens with zero attached hydrogens (tertiary/aromatic N) is 1. The number of hydrogen-bond acceptors (Lipinski definition) is 9. The van der Waals surface area contributed by atoms with Gasteiger partial charge in [0.2, 0.25) is 6.79 Å². The third-order valence-corrected chi connectivity index (χ3v) is 6.49. The number of hydrogen-bond donors (Lipinski definition) is 1. The number of benzene rings is 1. The molecule has 1 heterocycles. The Morgan fingerprint density at radius 2 is 1.82 bits per heavy atom. The lowest BCUT2D eigenvalue weighted by atomic mass is 9.70. The number of ether oxygens (including phenoxy) is 5. The lowest BCUT2D eigenvalue weighted by Crippen LogP contribution is -2.42. The summed E-state index contributed by atoms with van der Waals surface area (Å²) >= 11 is 0. The maximum Gasteiger partial charge on any atom is 0.328 e. The first-order valence-corrected chi connectivity index (χ1v) is 12.3. The van der Waals surface area contributed by atoms with E-state index in [1.807, 2.05) is 0 Å². The summed E-state index contributed by atoms with van der Waals surface area (Å²) in [6.45, 7) is 4.03. The normalized spacial score (nSPS) is 15.3. The van der Waals surface area contributed by atoms with E-state index in [1.54, 1.807) is 13.0 Å². The molecule has 10 nitrogen and oxygen atoms in total. The SMILES string of the molecule is COc1cc(F)ccc1[C@H](C1CCC1)[C@H](C)OC(=O)[C@H](C)NC(=O)c1nccc(OC)c1OCOC(C)=O. The highest BCUT2D eigenvalue weighted by molar-refractivity contribution is 5.98. The van der Waals surface area contributed by atoms with Gasteiger partial charge in [0.1, 0.15) is 23.7 Å². The molecule has 1 aliphatic carbocycles. The molecule has 0 aliphatic heterocycles. The summed E-state index contributed by atoms with van der Waals surface area (Å²) in [7, 11) is 2.85. The first-order valence-electron chi connectivity index (χ1n) is 12.3. The van der Waals surface area contributed by atoms with Crippen LogP contribution in [-0.4, -0.2) is 56.0 Å². The minimum atomic E-state index is -1.03.